The summed E-state index contributed by atoms with van der Waals surface area (Å²) >= 11 is 0. The van der Waals surface area contributed by atoms with Gasteiger partial charge in [0.05, 0.1) is 0 Å². The molecule has 2 N–H and O–H groups in total. The van der Waals surface area contributed by atoms with Crippen LogP contribution in [0.5, 0.6) is 0 Å². The van der Waals surface area contributed by atoms with Crippen LogP contribution in [0.1, 0.15) is 12.8 Å². The molecular formula is C5H10NRe-. The first-order chi connectivity index (χ1) is 2.93. The third kappa shape index (κ3) is 1.90. The van der Waals surface area contributed by atoms with E-state index in [1.807, 2.05) is 0 Å². The number of rotatable bonds is 1. The quantitative estimate of drug-likeness (QED) is 0.692. The fourth-order valence-electron chi connectivity index (χ4n) is 0.595. The van der Waals surface area contributed by atoms with Crippen molar-refractivity contribution < 1.29 is 20.4 Å². The summed E-state index contributed by atoms with van der Waals surface area (Å²) in [5.74, 6) is 0.838. The second-order valence-electron chi connectivity index (χ2n) is 1.86. The zero-order chi connectivity index (χ0) is 4.41. The second kappa shape index (κ2) is 3.60. The van der Waals surface area contributed by atoms with Gasteiger partial charge in [-0.15, -0.1) is 0 Å². The molecule has 1 fully saturated rings. The SMILES string of the molecule is NCC1C[CH-]C1.[Re]. The third-order valence-corrected chi connectivity index (χ3v) is 1.33. The van der Waals surface area contributed by atoms with Gasteiger partial charge in [-0.25, -0.2) is 0 Å². The van der Waals surface area contributed by atoms with Crippen LogP contribution in [0, 0.1) is 12.3 Å². The topological polar surface area (TPSA) is 26.0 Å². The predicted molar refractivity (Wildman–Crippen MR) is 26.1 cm³/mol. The molecule has 1 saturated carbocycles. The molecule has 0 saturated heterocycles. The Kier molecular flexibility index (Phi) is 3.92. The van der Waals surface area contributed by atoms with Crippen molar-refractivity contribution in [3.63, 3.8) is 0 Å². The molecule has 1 rings (SSSR count). The molecule has 0 aromatic heterocycles. The Morgan fingerprint density at radius 2 is 2.14 bits per heavy atom. The van der Waals surface area contributed by atoms with E-state index in [1.54, 1.807) is 0 Å². The maximum absolute atomic E-state index is 5.31. The minimum Gasteiger partial charge on any atom is -0.330 e. The first kappa shape index (κ1) is 7.62. The third-order valence-electron chi connectivity index (χ3n) is 1.33. The van der Waals surface area contributed by atoms with Crippen LogP contribution in [0.3, 0.4) is 0 Å². The van der Waals surface area contributed by atoms with Crippen LogP contribution in [-0.2, 0) is 20.4 Å². The van der Waals surface area contributed by atoms with E-state index in [2.05, 4.69) is 6.42 Å². The van der Waals surface area contributed by atoms with Gasteiger partial charge in [0.25, 0.3) is 0 Å². The van der Waals surface area contributed by atoms with E-state index >= 15 is 0 Å². The van der Waals surface area contributed by atoms with Gasteiger partial charge in [0.1, 0.15) is 0 Å². The van der Waals surface area contributed by atoms with E-state index in [1.165, 1.54) is 12.8 Å². The molecule has 0 aromatic carbocycles. The van der Waals surface area contributed by atoms with Gasteiger partial charge in [-0.05, 0) is 6.54 Å². The van der Waals surface area contributed by atoms with Gasteiger partial charge in [-0.2, -0.15) is 12.8 Å². The van der Waals surface area contributed by atoms with Gasteiger partial charge < -0.3 is 12.2 Å². The number of hydrogen-bond acceptors (Lipinski definition) is 1. The van der Waals surface area contributed by atoms with Crippen molar-refractivity contribution in [1.82, 2.24) is 0 Å². The maximum Gasteiger partial charge on any atom is 0 e. The molecule has 0 aliphatic heterocycles. The van der Waals surface area contributed by atoms with E-state index in [9.17, 15) is 0 Å². The van der Waals surface area contributed by atoms with Crippen LogP contribution < -0.4 is 5.73 Å². The number of nitrogens with two attached hydrogens (primary N) is 1. The summed E-state index contributed by atoms with van der Waals surface area (Å²) in [4.78, 5) is 0. The van der Waals surface area contributed by atoms with Gasteiger partial charge in [0.15, 0.2) is 0 Å². The zero-order valence-electron chi connectivity index (χ0n) is 4.23. The largest absolute Gasteiger partial charge is 0.330 e. The van der Waals surface area contributed by atoms with Crippen LogP contribution in [0.2, 0.25) is 0 Å². The Hall–Kier alpha value is 0.622. The molecule has 43 valence electrons. The summed E-state index contributed by atoms with van der Waals surface area (Å²) in [6, 6.07) is 0. The molecule has 7 heavy (non-hydrogen) atoms. The van der Waals surface area contributed by atoms with E-state index in [0.717, 1.165) is 12.5 Å². The van der Waals surface area contributed by atoms with E-state index in [-0.39, 0.29) is 20.4 Å². The zero-order valence-corrected chi connectivity index (χ0v) is 6.95. The predicted octanol–water partition coefficient (Wildman–Crippen LogP) is 0.557. The molecule has 0 heterocycles. The van der Waals surface area contributed by atoms with Crippen LogP contribution in [0.25, 0.3) is 0 Å². The van der Waals surface area contributed by atoms with Crippen LogP contribution in [0.15, 0.2) is 0 Å². The molecule has 0 atom stereocenters. The van der Waals surface area contributed by atoms with Gasteiger partial charge in [-0.3, -0.25) is 0 Å². The van der Waals surface area contributed by atoms with Crippen molar-refractivity contribution >= 4 is 0 Å². The number of hydrogen-bond donors (Lipinski definition) is 1. The normalized spacial score (nSPS) is 20.1. The van der Waals surface area contributed by atoms with E-state index in [4.69, 9.17) is 5.73 Å². The van der Waals surface area contributed by atoms with Gasteiger partial charge in [0, 0.05) is 20.4 Å². The fourth-order valence-corrected chi connectivity index (χ4v) is 0.595. The minimum absolute atomic E-state index is 0. The van der Waals surface area contributed by atoms with Crippen molar-refractivity contribution in [1.29, 1.82) is 0 Å². The monoisotopic (exact) mass is 271 g/mol. The summed E-state index contributed by atoms with van der Waals surface area (Å²) in [5.41, 5.74) is 5.31. The summed E-state index contributed by atoms with van der Waals surface area (Å²) in [6.45, 7) is 0.885. The molecule has 0 spiro atoms. The summed E-state index contributed by atoms with van der Waals surface area (Å²) in [7, 11) is 0. The molecular weight excluding hydrogens is 260 g/mol. The van der Waals surface area contributed by atoms with Gasteiger partial charge in [-0.1, -0.05) is 5.92 Å². The minimum atomic E-state index is 0. The van der Waals surface area contributed by atoms with Crippen LogP contribution >= 0.6 is 0 Å². The molecule has 0 amide bonds. The van der Waals surface area contributed by atoms with E-state index in [0.29, 0.717) is 0 Å². The summed E-state index contributed by atoms with van der Waals surface area (Å²) in [6.07, 6.45) is 4.80. The summed E-state index contributed by atoms with van der Waals surface area (Å²) < 4.78 is 0. The Balaban J connectivity index is 0.000000360. The molecule has 0 unspecified atom stereocenters. The maximum atomic E-state index is 5.31. The van der Waals surface area contributed by atoms with Crippen molar-refractivity contribution in [2.75, 3.05) is 6.54 Å². The Morgan fingerprint density at radius 1 is 1.57 bits per heavy atom. The molecule has 0 bridgehead atoms. The Labute approximate surface area is 58.3 Å². The van der Waals surface area contributed by atoms with Crippen molar-refractivity contribution in [2.24, 2.45) is 11.7 Å². The molecule has 1 aliphatic rings. The molecule has 1 nitrogen and oxygen atoms in total. The second-order valence-corrected chi connectivity index (χ2v) is 1.86. The van der Waals surface area contributed by atoms with Crippen LogP contribution in [0.4, 0.5) is 0 Å². The molecule has 1 aliphatic carbocycles. The molecule has 2 heteroatoms. The van der Waals surface area contributed by atoms with Gasteiger partial charge in [0.2, 0.25) is 0 Å². The molecule has 0 aromatic rings. The average Bonchev–Trinajstić information content (AvgIpc) is 1.31. The average molecular weight is 270 g/mol. The Morgan fingerprint density at radius 3 is 2.14 bits per heavy atom. The van der Waals surface area contributed by atoms with Crippen molar-refractivity contribution in [2.45, 2.75) is 12.8 Å². The van der Waals surface area contributed by atoms with Gasteiger partial charge >= 0.3 is 0 Å². The smallest absolute Gasteiger partial charge is 0 e. The first-order valence-corrected chi connectivity index (χ1v) is 2.45. The van der Waals surface area contributed by atoms with Crippen molar-refractivity contribution in [3.05, 3.63) is 6.42 Å². The Bertz CT molecular complexity index is 40.6. The first-order valence-electron chi connectivity index (χ1n) is 2.45. The molecule has 1 radical (unpaired) electrons. The van der Waals surface area contributed by atoms with E-state index < -0.39 is 0 Å². The standard InChI is InChI=1S/C5H10N.Re/c6-4-5-2-1-3-5;/h1,5H,2-4,6H2;/q-1;. The van der Waals surface area contributed by atoms with Crippen molar-refractivity contribution in [3.8, 4) is 0 Å². The van der Waals surface area contributed by atoms with Crippen LogP contribution in [-0.4, -0.2) is 6.54 Å². The summed E-state index contributed by atoms with van der Waals surface area (Å²) in [5, 5.41) is 0. The fraction of sp³-hybridized carbons (Fsp3) is 0.800.